The molecule has 3 aromatic rings. The molecule has 10 nitrogen and oxygen atoms in total. The lowest BCUT2D eigenvalue weighted by atomic mass is 10.1. The zero-order valence-electron chi connectivity index (χ0n) is 18.2. The maximum atomic E-state index is 13.0. The van der Waals surface area contributed by atoms with Gasteiger partial charge in [-0.15, -0.1) is 0 Å². The third-order valence-corrected chi connectivity index (χ3v) is 5.33. The topological polar surface area (TPSA) is 129 Å². The fourth-order valence-electron chi connectivity index (χ4n) is 3.80. The number of aliphatic carboxylic acids is 1. The fraction of sp³-hybridized carbons (Fsp3) is 0.217. The average molecular weight is 451 g/mol. The van der Waals surface area contributed by atoms with E-state index in [9.17, 15) is 14.4 Å². The molecule has 1 aliphatic heterocycles. The number of hydrogen-bond donors (Lipinski definition) is 2. The monoisotopic (exact) mass is 451 g/mol. The SMILES string of the molecule is COc1cc(C=C2CCn3c2nc2cc(NC(=O)C(=O)O)ccc2c3=O)cc(OC)c1OC. The molecule has 0 unspecified atom stereocenters. The molecule has 10 heteroatoms. The van der Waals surface area contributed by atoms with Crippen molar-refractivity contribution in [3.8, 4) is 17.2 Å². The number of nitrogens with zero attached hydrogens (tertiary/aromatic N) is 2. The van der Waals surface area contributed by atoms with Crippen LogP contribution in [0.1, 0.15) is 17.8 Å². The number of amides is 1. The summed E-state index contributed by atoms with van der Waals surface area (Å²) in [4.78, 5) is 39.9. The smallest absolute Gasteiger partial charge is 0.394 e. The number of nitrogens with one attached hydrogen (secondary N) is 1. The Morgan fingerprint density at radius 2 is 1.79 bits per heavy atom. The van der Waals surface area contributed by atoms with Crippen LogP contribution in [0.15, 0.2) is 35.1 Å². The summed E-state index contributed by atoms with van der Waals surface area (Å²) in [5.74, 6) is -0.787. The Labute approximate surface area is 188 Å². The van der Waals surface area contributed by atoms with Crippen LogP contribution in [0.5, 0.6) is 17.2 Å². The van der Waals surface area contributed by atoms with E-state index >= 15 is 0 Å². The van der Waals surface area contributed by atoms with Gasteiger partial charge in [-0.2, -0.15) is 0 Å². The summed E-state index contributed by atoms with van der Waals surface area (Å²) >= 11 is 0. The van der Waals surface area contributed by atoms with Crippen molar-refractivity contribution in [2.45, 2.75) is 13.0 Å². The van der Waals surface area contributed by atoms with E-state index in [-0.39, 0.29) is 11.2 Å². The van der Waals surface area contributed by atoms with Crippen LogP contribution in [-0.4, -0.2) is 47.9 Å². The summed E-state index contributed by atoms with van der Waals surface area (Å²) in [5.41, 5.74) is 2.00. The number of allylic oxidation sites excluding steroid dienone is 1. The zero-order chi connectivity index (χ0) is 23.7. The molecule has 4 rings (SSSR count). The van der Waals surface area contributed by atoms with Crippen molar-refractivity contribution in [1.82, 2.24) is 9.55 Å². The first-order valence-electron chi connectivity index (χ1n) is 9.96. The number of ether oxygens (including phenoxy) is 3. The van der Waals surface area contributed by atoms with Gasteiger partial charge in [0.1, 0.15) is 5.82 Å². The third kappa shape index (κ3) is 3.98. The highest BCUT2D eigenvalue weighted by molar-refractivity contribution is 6.36. The number of carboxylic acids is 1. The minimum atomic E-state index is -1.60. The summed E-state index contributed by atoms with van der Waals surface area (Å²) < 4.78 is 17.8. The lowest BCUT2D eigenvalue weighted by molar-refractivity contribution is -0.147. The Hall–Kier alpha value is -4.34. The first-order valence-corrected chi connectivity index (χ1v) is 9.96. The second-order valence-electron chi connectivity index (χ2n) is 7.26. The number of carbonyl (C=O) groups is 2. The van der Waals surface area contributed by atoms with Crippen LogP contribution >= 0.6 is 0 Å². The van der Waals surface area contributed by atoms with Gasteiger partial charge in [-0.25, -0.2) is 9.78 Å². The van der Waals surface area contributed by atoms with Gasteiger partial charge in [-0.05, 0) is 54.0 Å². The van der Waals surface area contributed by atoms with E-state index in [1.165, 1.54) is 39.5 Å². The molecular formula is C23H21N3O7. The summed E-state index contributed by atoms with van der Waals surface area (Å²) in [6.45, 7) is 0.477. The molecule has 1 aromatic heterocycles. The highest BCUT2D eigenvalue weighted by Gasteiger charge is 2.22. The molecule has 0 aliphatic carbocycles. The van der Waals surface area contributed by atoms with E-state index in [2.05, 4.69) is 10.3 Å². The molecule has 0 fully saturated rings. The van der Waals surface area contributed by atoms with Crippen LogP contribution in [0.3, 0.4) is 0 Å². The summed E-state index contributed by atoms with van der Waals surface area (Å²) in [7, 11) is 4.60. The Kier molecular flexibility index (Phi) is 5.74. The van der Waals surface area contributed by atoms with Crippen molar-refractivity contribution in [1.29, 1.82) is 0 Å². The van der Waals surface area contributed by atoms with Gasteiger partial charge in [0.25, 0.3) is 5.56 Å². The van der Waals surface area contributed by atoms with E-state index < -0.39 is 11.9 Å². The highest BCUT2D eigenvalue weighted by atomic mass is 16.5. The number of anilines is 1. The van der Waals surface area contributed by atoms with Gasteiger partial charge in [0.15, 0.2) is 11.5 Å². The van der Waals surface area contributed by atoms with Gasteiger partial charge in [-0.1, -0.05) is 0 Å². The third-order valence-electron chi connectivity index (χ3n) is 5.33. The number of benzene rings is 2. The molecule has 1 amide bonds. The molecule has 0 saturated heterocycles. The zero-order valence-corrected chi connectivity index (χ0v) is 18.2. The van der Waals surface area contributed by atoms with E-state index in [1.807, 2.05) is 6.08 Å². The second-order valence-corrected chi connectivity index (χ2v) is 7.26. The maximum Gasteiger partial charge on any atom is 0.394 e. The quantitative estimate of drug-likeness (QED) is 0.566. The number of rotatable bonds is 5. The van der Waals surface area contributed by atoms with Gasteiger partial charge in [0, 0.05) is 12.2 Å². The van der Waals surface area contributed by atoms with Gasteiger partial charge >= 0.3 is 11.9 Å². The van der Waals surface area contributed by atoms with Gasteiger partial charge in [0.2, 0.25) is 5.75 Å². The number of hydrogen-bond acceptors (Lipinski definition) is 7. The summed E-state index contributed by atoms with van der Waals surface area (Å²) in [5, 5.41) is 11.4. The van der Waals surface area contributed by atoms with Crippen LogP contribution in [0.2, 0.25) is 0 Å². The van der Waals surface area contributed by atoms with Crippen LogP contribution in [-0.2, 0) is 16.1 Å². The van der Waals surface area contributed by atoms with Crippen molar-refractivity contribution in [2.24, 2.45) is 0 Å². The molecule has 2 aromatic carbocycles. The molecule has 0 saturated carbocycles. The number of aromatic nitrogens is 2. The number of fused-ring (bicyclic) bond motifs is 2. The second kappa shape index (κ2) is 8.65. The van der Waals surface area contributed by atoms with Crippen LogP contribution in [0, 0.1) is 0 Å². The van der Waals surface area contributed by atoms with Gasteiger partial charge in [-0.3, -0.25) is 14.2 Å². The van der Waals surface area contributed by atoms with Crippen LogP contribution < -0.4 is 25.1 Å². The predicted molar refractivity (Wildman–Crippen MR) is 121 cm³/mol. The van der Waals surface area contributed by atoms with Crippen molar-refractivity contribution in [3.05, 3.63) is 52.1 Å². The molecule has 33 heavy (non-hydrogen) atoms. The summed E-state index contributed by atoms with van der Waals surface area (Å²) in [6, 6.07) is 8.08. The maximum absolute atomic E-state index is 13.0. The molecule has 2 N–H and O–H groups in total. The standard InChI is InChI=1S/C23H21N3O7/c1-31-17-9-12(10-18(32-2)19(17)33-3)8-13-6-7-26-20(13)25-16-11-14(24-21(27)23(29)30)4-5-15(16)22(26)28/h4-5,8-11H,6-7H2,1-3H3,(H,24,27)(H,29,30). The Bertz CT molecular complexity index is 1350. The largest absolute Gasteiger partial charge is 0.493 e. The van der Waals surface area contributed by atoms with Crippen LogP contribution in [0.25, 0.3) is 22.6 Å². The molecular weight excluding hydrogens is 430 g/mol. The first-order chi connectivity index (χ1) is 15.9. The molecule has 1 aliphatic rings. The molecule has 0 atom stereocenters. The number of carboxylic acid groups (broad SMARTS) is 1. The average Bonchev–Trinajstić information content (AvgIpc) is 3.20. The van der Waals surface area contributed by atoms with Crippen molar-refractivity contribution < 1.29 is 28.9 Å². The van der Waals surface area contributed by atoms with E-state index in [0.29, 0.717) is 46.9 Å². The van der Waals surface area contributed by atoms with Gasteiger partial charge < -0.3 is 24.6 Å². The van der Waals surface area contributed by atoms with Crippen molar-refractivity contribution >= 4 is 40.1 Å². The molecule has 2 heterocycles. The lowest BCUT2D eigenvalue weighted by Crippen LogP contribution is -2.23. The van der Waals surface area contributed by atoms with E-state index in [0.717, 1.165) is 11.1 Å². The van der Waals surface area contributed by atoms with Crippen molar-refractivity contribution in [3.63, 3.8) is 0 Å². The van der Waals surface area contributed by atoms with Crippen LogP contribution in [0.4, 0.5) is 5.69 Å². The summed E-state index contributed by atoms with van der Waals surface area (Å²) in [6.07, 6.45) is 2.50. The minimum absolute atomic E-state index is 0.209. The fourth-order valence-corrected chi connectivity index (χ4v) is 3.80. The minimum Gasteiger partial charge on any atom is -0.493 e. The Balaban J connectivity index is 1.80. The highest BCUT2D eigenvalue weighted by Crippen LogP contribution is 2.39. The Morgan fingerprint density at radius 1 is 1.09 bits per heavy atom. The molecule has 0 bridgehead atoms. The van der Waals surface area contributed by atoms with E-state index in [1.54, 1.807) is 16.7 Å². The van der Waals surface area contributed by atoms with Gasteiger partial charge in [0.05, 0.1) is 32.2 Å². The predicted octanol–water partition coefficient (Wildman–Crippen LogP) is 2.39. The Morgan fingerprint density at radius 3 is 2.39 bits per heavy atom. The lowest BCUT2D eigenvalue weighted by Gasteiger charge is -2.13. The van der Waals surface area contributed by atoms with Crippen molar-refractivity contribution in [2.75, 3.05) is 26.6 Å². The normalized spacial score (nSPS) is 13.6. The number of carbonyl (C=O) groups excluding carboxylic acids is 1. The first kappa shape index (κ1) is 21.9. The molecule has 0 radical (unpaired) electrons. The number of methoxy groups -OCH3 is 3. The molecule has 170 valence electrons. The van der Waals surface area contributed by atoms with E-state index in [4.69, 9.17) is 19.3 Å². The molecule has 0 spiro atoms.